The minimum atomic E-state index is -0.871. The Kier molecular flexibility index (Phi) is 4.43. The van der Waals surface area contributed by atoms with E-state index in [-0.39, 0.29) is 0 Å². The predicted molar refractivity (Wildman–Crippen MR) is 85.5 cm³/mol. The highest BCUT2D eigenvalue weighted by atomic mass is 79.9. The predicted octanol–water partition coefficient (Wildman–Crippen LogP) is 4.55. The Morgan fingerprint density at radius 3 is 2.50 bits per heavy atom. The minimum Gasteiger partial charge on any atom is -0.478 e. The van der Waals surface area contributed by atoms with Gasteiger partial charge in [-0.25, -0.2) is 4.79 Å². The normalized spacial score (nSPS) is 18.8. The number of hydrogen-bond donors (Lipinski definition) is 1. The molecule has 0 aromatic heterocycles. The topological polar surface area (TPSA) is 40.5 Å². The zero-order valence-corrected chi connectivity index (χ0v) is 13.9. The fourth-order valence-electron chi connectivity index (χ4n) is 2.96. The lowest BCUT2D eigenvalue weighted by Crippen LogP contribution is -2.37. The van der Waals surface area contributed by atoms with Crippen LogP contribution in [0.1, 0.15) is 49.9 Å². The average molecular weight is 340 g/mol. The first kappa shape index (κ1) is 15.4. The van der Waals surface area contributed by atoms with Gasteiger partial charge in [-0.05, 0) is 49.3 Å². The average Bonchev–Trinajstić information content (AvgIpc) is 2.37. The van der Waals surface area contributed by atoms with Crippen LogP contribution >= 0.6 is 15.9 Å². The van der Waals surface area contributed by atoms with Crippen LogP contribution in [0, 0.1) is 5.41 Å². The lowest BCUT2D eigenvalue weighted by Gasteiger charge is -2.40. The molecule has 1 aromatic carbocycles. The lowest BCUT2D eigenvalue weighted by atomic mass is 9.75. The molecule has 2 rings (SSSR count). The Morgan fingerprint density at radius 2 is 1.95 bits per heavy atom. The molecule has 4 heteroatoms. The van der Waals surface area contributed by atoms with Crippen molar-refractivity contribution < 1.29 is 9.90 Å². The molecule has 0 amide bonds. The van der Waals surface area contributed by atoms with Gasteiger partial charge in [-0.3, -0.25) is 0 Å². The van der Waals surface area contributed by atoms with Crippen LogP contribution in [0.2, 0.25) is 0 Å². The molecule has 0 aliphatic heterocycles. The van der Waals surface area contributed by atoms with Gasteiger partial charge in [0.25, 0.3) is 0 Å². The zero-order chi connectivity index (χ0) is 14.9. The Hall–Kier alpha value is -1.03. The highest BCUT2D eigenvalue weighted by Gasteiger charge is 2.30. The van der Waals surface area contributed by atoms with E-state index in [2.05, 4.69) is 34.7 Å². The Bertz CT molecular complexity index is 503. The van der Waals surface area contributed by atoms with Crippen molar-refractivity contribution in [1.82, 2.24) is 0 Å². The van der Waals surface area contributed by atoms with Gasteiger partial charge in [0, 0.05) is 17.6 Å². The van der Waals surface area contributed by atoms with Gasteiger partial charge in [0.05, 0.1) is 11.3 Å². The molecule has 0 spiro atoms. The van der Waals surface area contributed by atoms with Gasteiger partial charge in [-0.1, -0.05) is 29.8 Å². The number of halogens is 1. The molecule has 1 saturated carbocycles. The summed E-state index contributed by atoms with van der Waals surface area (Å²) in [6, 6.07) is 5.92. The molecule has 1 aliphatic rings. The summed E-state index contributed by atoms with van der Waals surface area (Å²) in [7, 11) is 2.01. The quantitative estimate of drug-likeness (QED) is 0.877. The summed E-state index contributed by atoms with van der Waals surface area (Å²) >= 11 is 3.34. The fraction of sp³-hybridized carbons (Fsp3) is 0.562. The molecular formula is C16H22BrNO2. The number of carboxylic acids is 1. The second kappa shape index (κ2) is 5.76. The summed E-state index contributed by atoms with van der Waals surface area (Å²) in [5, 5.41) is 9.37. The summed E-state index contributed by atoms with van der Waals surface area (Å²) in [5.41, 5.74) is 1.60. The molecule has 1 fully saturated rings. The number of rotatable bonds is 3. The molecule has 1 N–H and O–H groups in total. The van der Waals surface area contributed by atoms with E-state index < -0.39 is 5.97 Å². The third kappa shape index (κ3) is 3.35. The molecule has 0 saturated heterocycles. The summed E-state index contributed by atoms with van der Waals surface area (Å²) in [6.45, 7) is 4.62. The second-order valence-electron chi connectivity index (χ2n) is 6.47. The van der Waals surface area contributed by atoms with Crippen molar-refractivity contribution in [3.05, 3.63) is 28.2 Å². The van der Waals surface area contributed by atoms with E-state index in [9.17, 15) is 9.90 Å². The van der Waals surface area contributed by atoms with Crippen molar-refractivity contribution in [2.24, 2.45) is 5.41 Å². The van der Waals surface area contributed by atoms with Crippen molar-refractivity contribution in [2.75, 3.05) is 11.9 Å². The highest BCUT2D eigenvalue weighted by Crippen LogP contribution is 2.38. The summed E-state index contributed by atoms with van der Waals surface area (Å²) < 4.78 is 0.803. The van der Waals surface area contributed by atoms with Gasteiger partial charge >= 0.3 is 5.97 Å². The Labute approximate surface area is 129 Å². The van der Waals surface area contributed by atoms with Crippen LogP contribution in [0.3, 0.4) is 0 Å². The van der Waals surface area contributed by atoms with Crippen LogP contribution < -0.4 is 4.90 Å². The SMILES string of the molecule is CN(c1ccc(Br)cc1C(=O)O)C1CCC(C)(C)CC1. The maximum Gasteiger partial charge on any atom is 0.337 e. The molecule has 3 nitrogen and oxygen atoms in total. The molecule has 20 heavy (non-hydrogen) atoms. The largest absolute Gasteiger partial charge is 0.478 e. The van der Waals surface area contributed by atoms with E-state index in [1.54, 1.807) is 6.07 Å². The molecule has 1 aliphatic carbocycles. The van der Waals surface area contributed by atoms with Crippen molar-refractivity contribution >= 4 is 27.6 Å². The smallest absolute Gasteiger partial charge is 0.337 e. The number of benzene rings is 1. The van der Waals surface area contributed by atoms with Gasteiger partial charge in [0.15, 0.2) is 0 Å². The molecule has 0 atom stereocenters. The molecule has 0 bridgehead atoms. The third-order valence-electron chi connectivity index (χ3n) is 4.43. The standard InChI is InChI=1S/C16H22BrNO2/c1-16(2)8-6-12(7-9-16)18(3)14-5-4-11(17)10-13(14)15(19)20/h4-5,10,12H,6-9H2,1-3H3,(H,19,20). The third-order valence-corrected chi connectivity index (χ3v) is 4.92. The summed E-state index contributed by atoms with van der Waals surface area (Å²) in [5.74, 6) is -0.871. The van der Waals surface area contributed by atoms with E-state index in [1.807, 2.05) is 19.2 Å². The maximum atomic E-state index is 11.4. The maximum absolute atomic E-state index is 11.4. The van der Waals surface area contributed by atoms with Crippen LogP contribution in [0.15, 0.2) is 22.7 Å². The van der Waals surface area contributed by atoms with Crippen LogP contribution in [-0.2, 0) is 0 Å². The number of hydrogen-bond acceptors (Lipinski definition) is 2. The molecular weight excluding hydrogens is 318 g/mol. The molecule has 0 radical (unpaired) electrons. The number of nitrogens with zero attached hydrogens (tertiary/aromatic N) is 1. The van der Waals surface area contributed by atoms with Gasteiger partial charge in [0.2, 0.25) is 0 Å². The first-order chi connectivity index (χ1) is 9.30. The number of carboxylic acid groups (broad SMARTS) is 1. The van der Waals surface area contributed by atoms with Gasteiger partial charge < -0.3 is 10.0 Å². The summed E-state index contributed by atoms with van der Waals surface area (Å²) in [6.07, 6.45) is 4.64. The van der Waals surface area contributed by atoms with Crippen LogP contribution in [-0.4, -0.2) is 24.2 Å². The van der Waals surface area contributed by atoms with Gasteiger partial charge in [-0.15, -0.1) is 0 Å². The highest BCUT2D eigenvalue weighted by molar-refractivity contribution is 9.10. The Balaban J connectivity index is 2.21. The molecule has 110 valence electrons. The van der Waals surface area contributed by atoms with Crippen LogP contribution in [0.4, 0.5) is 5.69 Å². The molecule has 1 aromatic rings. The fourth-order valence-corrected chi connectivity index (χ4v) is 3.32. The van der Waals surface area contributed by atoms with Gasteiger partial charge in [-0.2, -0.15) is 0 Å². The van der Waals surface area contributed by atoms with Crippen LogP contribution in [0.25, 0.3) is 0 Å². The number of carbonyl (C=O) groups is 1. The molecule has 0 heterocycles. The lowest BCUT2D eigenvalue weighted by molar-refractivity contribution is 0.0697. The monoisotopic (exact) mass is 339 g/mol. The summed E-state index contributed by atoms with van der Waals surface area (Å²) in [4.78, 5) is 13.6. The van der Waals surface area contributed by atoms with Crippen LogP contribution in [0.5, 0.6) is 0 Å². The zero-order valence-electron chi connectivity index (χ0n) is 12.3. The first-order valence-electron chi connectivity index (χ1n) is 7.06. The van der Waals surface area contributed by atoms with Gasteiger partial charge in [0.1, 0.15) is 0 Å². The van der Waals surface area contributed by atoms with E-state index >= 15 is 0 Å². The van der Waals surface area contributed by atoms with Crippen molar-refractivity contribution in [2.45, 2.75) is 45.6 Å². The first-order valence-corrected chi connectivity index (χ1v) is 7.85. The molecule has 0 unspecified atom stereocenters. The van der Waals surface area contributed by atoms with E-state index in [0.29, 0.717) is 17.0 Å². The van der Waals surface area contributed by atoms with E-state index in [0.717, 1.165) is 23.0 Å². The minimum absolute atomic E-state index is 0.367. The van der Waals surface area contributed by atoms with Crippen molar-refractivity contribution in [1.29, 1.82) is 0 Å². The van der Waals surface area contributed by atoms with E-state index in [1.165, 1.54) is 12.8 Å². The van der Waals surface area contributed by atoms with E-state index in [4.69, 9.17) is 0 Å². The Morgan fingerprint density at radius 1 is 1.35 bits per heavy atom. The van der Waals surface area contributed by atoms with Crippen molar-refractivity contribution in [3.63, 3.8) is 0 Å². The number of anilines is 1. The van der Waals surface area contributed by atoms with Crippen molar-refractivity contribution in [3.8, 4) is 0 Å². The number of aromatic carboxylic acids is 1. The second-order valence-corrected chi connectivity index (χ2v) is 7.39.